The Morgan fingerprint density at radius 2 is 1.95 bits per heavy atom. The minimum absolute atomic E-state index is 0.0234. The second kappa shape index (κ2) is 6.02. The number of rotatable bonds is 4. The molecule has 0 fully saturated rings. The molecule has 1 aromatic heterocycles. The van der Waals surface area contributed by atoms with Crippen LogP contribution in [0.2, 0.25) is 0 Å². The molecule has 0 bridgehead atoms. The highest BCUT2D eigenvalue weighted by Crippen LogP contribution is 2.31. The second-order valence-corrected chi connectivity index (χ2v) is 5.21. The molecule has 0 atom stereocenters. The summed E-state index contributed by atoms with van der Waals surface area (Å²) in [4.78, 5) is 14.9. The number of amides is 1. The van der Waals surface area contributed by atoms with Gasteiger partial charge in [0, 0.05) is 30.1 Å². The Balaban J connectivity index is 2.11. The Kier molecular flexibility index (Phi) is 3.92. The quantitative estimate of drug-likeness (QED) is 0.758. The van der Waals surface area contributed by atoms with Crippen LogP contribution in [-0.4, -0.2) is 17.9 Å². The smallest absolute Gasteiger partial charge is 0.220 e. The first-order chi connectivity index (χ1) is 10.7. The molecule has 3 aromatic rings. The van der Waals surface area contributed by atoms with Crippen LogP contribution in [0.3, 0.4) is 0 Å². The third-order valence-corrected chi connectivity index (χ3v) is 3.81. The first kappa shape index (κ1) is 14.3. The molecule has 0 spiro atoms. The Bertz CT molecular complexity index is 809. The number of carbonyl (C=O) groups excluding carboxylic acids is 1. The number of aromatic amines is 1. The first-order valence-corrected chi connectivity index (χ1v) is 7.25. The standard InChI is InChI=1S/C18H17FN2O/c1-20-17(22)10-8-14-15-11-13(19)7-9-16(15)21-18(14)12-5-3-2-4-6-12/h2-7,9,11,21H,8,10H2,1H3,(H,20,22). The number of aromatic nitrogens is 1. The summed E-state index contributed by atoms with van der Waals surface area (Å²) < 4.78 is 13.6. The Labute approximate surface area is 128 Å². The van der Waals surface area contributed by atoms with Crippen LogP contribution in [0.15, 0.2) is 48.5 Å². The van der Waals surface area contributed by atoms with Gasteiger partial charge >= 0.3 is 0 Å². The van der Waals surface area contributed by atoms with E-state index in [0.717, 1.165) is 27.7 Å². The third-order valence-electron chi connectivity index (χ3n) is 3.81. The van der Waals surface area contributed by atoms with Gasteiger partial charge < -0.3 is 10.3 Å². The van der Waals surface area contributed by atoms with Crippen LogP contribution in [0.4, 0.5) is 4.39 Å². The van der Waals surface area contributed by atoms with Crippen molar-refractivity contribution in [2.45, 2.75) is 12.8 Å². The lowest BCUT2D eigenvalue weighted by Crippen LogP contribution is -2.18. The third kappa shape index (κ3) is 2.72. The van der Waals surface area contributed by atoms with Crippen LogP contribution in [0.25, 0.3) is 22.2 Å². The molecule has 2 N–H and O–H groups in total. The lowest BCUT2D eigenvalue weighted by molar-refractivity contribution is -0.120. The van der Waals surface area contributed by atoms with E-state index in [1.54, 1.807) is 13.1 Å². The SMILES string of the molecule is CNC(=O)CCc1c(-c2ccccc2)[nH]c2ccc(F)cc12. The molecule has 3 nitrogen and oxygen atoms in total. The van der Waals surface area contributed by atoms with Crippen molar-refractivity contribution >= 4 is 16.8 Å². The van der Waals surface area contributed by atoms with Gasteiger partial charge in [-0.15, -0.1) is 0 Å². The van der Waals surface area contributed by atoms with Crippen molar-refractivity contribution in [1.82, 2.24) is 10.3 Å². The summed E-state index contributed by atoms with van der Waals surface area (Å²) in [6, 6.07) is 14.6. The van der Waals surface area contributed by atoms with Gasteiger partial charge in [-0.2, -0.15) is 0 Å². The molecule has 0 aliphatic rings. The van der Waals surface area contributed by atoms with Crippen molar-refractivity contribution in [2.75, 3.05) is 7.05 Å². The zero-order valence-electron chi connectivity index (χ0n) is 12.3. The van der Waals surface area contributed by atoms with Gasteiger partial charge in [-0.25, -0.2) is 4.39 Å². The number of halogens is 1. The van der Waals surface area contributed by atoms with Gasteiger partial charge in [0.25, 0.3) is 0 Å². The molecule has 0 radical (unpaired) electrons. The minimum atomic E-state index is -0.271. The van der Waals surface area contributed by atoms with E-state index in [1.807, 2.05) is 30.3 Å². The molecule has 22 heavy (non-hydrogen) atoms. The zero-order chi connectivity index (χ0) is 15.5. The summed E-state index contributed by atoms with van der Waals surface area (Å²) in [5.41, 5.74) is 3.84. The maximum absolute atomic E-state index is 13.6. The first-order valence-electron chi connectivity index (χ1n) is 7.25. The summed E-state index contributed by atoms with van der Waals surface area (Å²) in [7, 11) is 1.62. The number of hydrogen-bond donors (Lipinski definition) is 2. The van der Waals surface area contributed by atoms with Crippen molar-refractivity contribution in [2.24, 2.45) is 0 Å². The van der Waals surface area contributed by atoms with Crippen LogP contribution < -0.4 is 5.32 Å². The van der Waals surface area contributed by atoms with Crippen molar-refractivity contribution in [3.8, 4) is 11.3 Å². The molecule has 112 valence electrons. The highest BCUT2D eigenvalue weighted by molar-refractivity contribution is 5.91. The lowest BCUT2D eigenvalue weighted by atomic mass is 10.0. The molecule has 2 aromatic carbocycles. The van der Waals surface area contributed by atoms with E-state index in [9.17, 15) is 9.18 Å². The van der Waals surface area contributed by atoms with E-state index in [4.69, 9.17) is 0 Å². The maximum atomic E-state index is 13.6. The van der Waals surface area contributed by atoms with E-state index >= 15 is 0 Å². The molecule has 0 aliphatic heterocycles. The fraction of sp³-hybridized carbons (Fsp3) is 0.167. The molecule has 0 unspecified atom stereocenters. The van der Waals surface area contributed by atoms with Crippen LogP contribution in [-0.2, 0) is 11.2 Å². The average molecular weight is 296 g/mol. The van der Waals surface area contributed by atoms with Crippen LogP contribution in [0, 0.1) is 5.82 Å². The van der Waals surface area contributed by atoms with E-state index < -0.39 is 0 Å². The molecule has 0 saturated heterocycles. The summed E-state index contributed by atoms with van der Waals surface area (Å²) in [5.74, 6) is -0.294. The van der Waals surface area contributed by atoms with Crippen LogP contribution >= 0.6 is 0 Å². The zero-order valence-corrected chi connectivity index (χ0v) is 12.3. The lowest BCUT2D eigenvalue weighted by Gasteiger charge is -2.05. The molecular weight excluding hydrogens is 279 g/mol. The number of nitrogens with one attached hydrogen (secondary N) is 2. The summed E-state index contributed by atoms with van der Waals surface area (Å²) in [6.45, 7) is 0. The van der Waals surface area contributed by atoms with E-state index in [2.05, 4.69) is 10.3 Å². The number of hydrogen-bond acceptors (Lipinski definition) is 1. The Morgan fingerprint density at radius 1 is 1.18 bits per heavy atom. The van der Waals surface area contributed by atoms with Gasteiger partial charge in [0.05, 0.1) is 0 Å². The van der Waals surface area contributed by atoms with E-state index in [0.29, 0.717) is 12.8 Å². The number of benzene rings is 2. The van der Waals surface area contributed by atoms with Gasteiger partial charge in [-0.1, -0.05) is 30.3 Å². The molecule has 0 saturated carbocycles. The summed E-state index contributed by atoms with van der Waals surface area (Å²) in [5, 5.41) is 3.46. The molecule has 1 amide bonds. The molecular formula is C18H17FN2O. The van der Waals surface area contributed by atoms with Gasteiger partial charge in [0.1, 0.15) is 5.82 Å². The van der Waals surface area contributed by atoms with Gasteiger partial charge in [-0.3, -0.25) is 4.79 Å². The summed E-state index contributed by atoms with van der Waals surface area (Å²) >= 11 is 0. The normalized spacial score (nSPS) is 10.8. The summed E-state index contributed by atoms with van der Waals surface area (Å²) in [6.07, 6.45) is 0.938. The predicted octanol–water partition coefficient (Wildman–Crippen LogP) is 3.65. The average Bonchev–Trinajstić information content (AvgIpc) is 2.91. The fourth-order valence-electron chi connectivity index (χ4n) is 2.69. The van der Waals surface area contributed by atoms with Gasteiger partial charge in [-0.05, 0) is 35.7 Å². The van der Waals surface area contributed by atoms with E-state index in [1.165, 1.54) is 12.1 Å². The van der Waals surface area contributed by atoms with Crippen molar-refractivity contribution in [3.63, 3.8) is 0 Å². The fourth-order valence-corrected chi connectivity index (χ4v) is 2.69. The molecule has 1 heterocycles. The maximum Gasteiger partial charge on any atom is 0.220 e. The van der Waals surface area contributed by atoms with Crippen molar-refractivity contribution < 1.29 is 9.18 Å². The van der Waals surface area contributed by atoms with Crippen LogP contribution in [0.1, 0.15) is 12.0 Å². The van der Waals surface area contributed by atoms with Crippen molar-refractivity contribution in [3.05, 3.63) is 59.9 Å². The predicted molar refractivity (Wildman–Crippen MR) is 86.1 cm³/mol. The topological polar surface area (TPSA) is 44.9 Å². The molecule has 3 rings (SSSR count). The van der Waals surface area contributed by atoms with E-state index in [-0.39, 0.29) is 11.7 Å². The molecule has 0 aliphatic carbocycles. The monoisotopic (exact) mass is 296 g/mol. The number of H-pyrrole nitrogens is 1. The number of aryl methyl sites for hydroxylation is 1. The number of fused-ring (bicyclic) bond motifs is 1. The second-order valence-electron chi connectivity index (χ2n) is 5.21. The van der Waals surface area contributed by atoms with Gasteiger partial charge in [0.2, 0.25) is 5.91 Å². The minimum Gasteiger partial charge on any atom is -0.359 e. The highest BCUT2D eigenvalue weighted by atomic mass is 19.1. The molecule has 4 heteroatoms. The highest BCUT2D eigenvalue weighted by Gasteiger charge is 2.14. The number of carbonyl (C=O) groups is 1. The van der Waals surface area contributed by atoms with Gasteiger partial charge in [0.15, 0.2) is 0 Å². The largest absolute Gasteiger partial charge is 0.359 e. The van der Waals surface area contributed by atoms with Crippen molar-refractivity contribution in [1.29, 1.82) is 0 Å². The Morgan fingerprint density at radius 3 is 2.68 bits per heavy atom. The van der Waals surface area contributed by atoms with Crippen LogP contribution in [0.5, 0.6) is 0 Å². The Hall–Kier alpha value is -2.62.